The lowest BCUT2D eigenvalue weighted by atomic mass is 9.99. The number of aromatic nitrogens is 2. The third kappa shape index (κ3) is 3.60. The van der Waals surface area contributed by atoms with Crippen LogP contribution in [-0.4, -0.2) is 58.0 Å². The zero-order chi connectivity index (χ0) is 15.6. The molecule has 2 heterocycles. The molecule has 0 aliphatic carbocycles. The molecule has 1 aliphatic rings. The number of carboxylic acid groups (broad SMARTS) is 1. The van der Waals surface area contributed by atoms with Crippen LogP contribution in [0, 0.1) is 5.92 Å². The van der Waals surface area contributed by atoms with Gasteiger partial charge in [-0.15, -0.1) is 0 Å². The van der Waals surface area contributed by atoms with Crippen molar-refractivity contribution in [2.24, 2.45) is 13.0 Å². The van der Waals surface area contributed by atoms with Gasteiger partial charge in [-0.1, -0.05) is 0 Å². The predicted molar refractivity (Wildman–Crippen MR) is 75.5 cm³/mol. The normalized spacial score (nSPS) is 18.2. The Kier molecular flexibility index (Phi) is 4.64. The maximum atomic E-state index is 12.5. The molecule has 0 spiro atoms. The molecule has 0 aromatic carbocycles. The van der Waals surface area contributed by atoms with E-state index >= 15 is 0 Å². The smallest absolute Gasteiger partial charge is 0.306 e. The first-order valence-electron chi connectivity index (χ1n) is 6.72. The van der Waals surface area contributed by atoms with Crippen molar-refractivity contribution in [2.75, 3.05) is 20.1 Å². The van der Waals surface area contributed by atoms with E-state index in [0.29, 0.717) is 12.8 Å². The SMILES string of the molecule is CN(Cc1cnn(C)c1)S(=O)(=O)N1CCC(C(=O)O)CC1. The Morgan fingerprint density at radius 1 is 1.48 bits per heavy atom. The molecule has 9 heteroatoms. The van der Waals surface area contributed by atoms with Gasteiger partial charge in [0.25, 0.3) is 10.2 Å². The first-order chi connectivity index (χ1) is 9.80. The van der Waals surface area contributed by atoms with E-state index in [-0.39, 0.29) is 19.6 Å². The van der Waals surface area contributed by atoms with Crippen molar-refractivity contribution in [3.05, 3.63) is 18.0 Å². The Hall–Kier alpha value is -1.45. The first kappa shape index (κ1) is 15.9. The number of hydrogen-bond acceptors (Lipinski definition) is 4. The van der Waals surface area contributed by atoms with Crippen molar-refractivity contribution in [3.63, 3.8) is 0 Å². The number of aryl methyl sites for hydroxylation is 1. The van der Waals surface area contributed by atoms with Gasteiger partial charge in [0.2, 0.25) is 0 Å². The summed E-state index contributed by atoms with van der Waals surface area (Å²) in [7, 11) is -0.271. The second-order valence-electron chi connectivity index (χ2n) is 5.30. The van der Waals surface area contributed by atoms with Gasteiger partial charge in [-0.05, 0) is 12.8 Å². The van der Waals surface area contributed by atoms with Gasteiger partial charge in [0, 0.05) is 45.5 Å². The number of hydrogen-bond donors (Lipinski definition) is 1. The zero-order valence-corrected chi connectivity index (χ0v) is 13.0. The Labute approximate surface area is 124 Å². The van der Waals surface area contributed by atoms with E-state index in [4.69, 9.17) is 5.11 Å². The van der Waals surface area contributed by atoms with Crippen molar-refractivity contribution in [2.45, 2.75) is 19.4 Å². The quantitative estimate of drug-likeness (QED) is 0.818. The summed E-state index contributed by atoms with van der Waals surface area (Å²) in [6.45, 7) is 0.738. The predicted octanol–water partition coefficient (Wildman–Crippen LogP) is -0.107. The van der Waals surface area contributed by atoms with E-state index in [1.807, 2.05) is 0 Å². The first-order valence-corrected chi connectivity index (χ1v) is 8.12. The third-order valence-corrected chi connectivity index (χ3v) is 5.62. The standard InChI is InChI=1S/C12H20N4O4S/c1-14-8-10(7-13-14)9-15(2)21(19,20)16-5-3-11(4-6-16)12(17)18/h7-8,11H,3-6,9H2,1-2H3,(H,17,18). The summed E-state index contributed by atoms with van der Waals surface area (Å²) >= 11 is 0. The Morgan fingerprint density at radius 3 is 2.57 bits per heavy atom. The monoisotopic (exact) mass is 316 g/mol. The summed E-state index contributed by atoms with van der Waals surface area (Å²) < 4.78 is 29.1. The summed E-state index contributed by atoms with van der Waals surface area (Å²) in [5, 5.41) is 13.0. The number of rotatable bonds is 5. The van der Waals surface area contributed by atoms with Crippen LogP contribution < -0.4 is 0 Å². The maximum Gasteiger partial charge on any atom is 0.306 e. The van der Waals surface area contributed by atoms with Crippen molar-refractivity contribution in [1.29, 1.82) is 0 Å². The van der Waals surface area contributed by atoms with Gasteiger partial charge in [0.1, 0.15) is 0 Å². The topological polar surface area (TPSA) is 95.7 Å². The summed E-state index contributed by atoms with van der Waals surface area (Å²) in [4.78, 5) is 10.9. The molecule has 21 heavy (non-hydrogen) atoms. The number of piperidine rings is 1. The van der Waals surface area contributed by atoms with E-state index in [0.717, 1.165) is 5.56 Å². The minimum atomic E-state index is -3.56. The molecule has 2 rings (SSSR count). The lowest BCUT2D eigenvalue weighted by Crippen LogP contribution is -2.46. The van der Waals surface area contributed by atoms with Crippen LogP contribution in [0.2, 0.25) is 0 Å². The fourth-order valence-corrected chi connectivity index (χ4v) is 3.80. The molecule has 1 aromatic heterocycles. The molecule has 1 N–H and O–H groups in total. The molecular formula is C12H20N4O4S. The van der Waals surface area contributed by atoms with Crippen LogP contribution in [0.1, 0.15) is 18.4 Å². The molecule has 118 valence electrons. The van der Waals surface area contributed by atoms with Crippen molar-refractivity contribution in [3.8, 4) is 0 Å². The Morgan fingerprint density at radius 2 is 2.10 bits per heavy atom. The number of nitrogens with zero attached hydrogens (tertiary/aromatic N) is 4. The molecule has 0 radical (unpaired) electrons. The lowest BCUT2D eigenvalue weighted by Gasteiger charge is -2.32. The molecular weight excluding hydrogens is 296 g/mol. The highest BCUT2D eigenvalue weighted by Crippen LogP contribution is 2.21. The highest BCUT2D eigenvalue weighted by atomic mass is 32.2. The van der Waals surface area contributed by atoms with Gasteiger partial charge in [0.05, 0.1) is 12.1 Å². The molecule has 1 fully saturated rings. The molecule has 1 aromatic rings. The zero-order valence-electron chi connectivity index (χ0n) is 12.1. The molecule has 1 saturated heterocycles. The molecule has 0 unspecified atom stereocenters. The third-order valence-electron chi connectivity index (χ3n) is 3.69. The maximum absolute atomic E-state index is 12.5. The molecule has 0 saturated carbocycles. The Bertz CT molecular complexity index is 605. The van der Waals surface area contributed by atoms with E-state index in [1.165, 1.54) is 15.7 Å². The van der Waals surface area contributed by atoms with Gasteiger partial charge in [-0.25, -0.2) is 0 Å². The van der Waals surface area contributed by atoms with E-state index in [1.54, 1.807) is 24.1 Å². The summed E-state index contributed by atoms with van der Waals surface area (Å²) in [5.41, 5.74) is 0.809. The summed E-state index contributed by atoms with van der Waals surface area (Å²) in [6.07, 6.45) is 4.11. The van der Waals surface area contributed by atoms with Gasteiger partial charge < -0.3 is 5.11 Å². The molecule has 1 aliphatic heterocycles. The van der Waals surface area contributed by atoms with E-state index in [2.05, 4.69) is 5.10 Å². The molecule has 0 bridgehead atoms. The highest BCUT2D eigenvalue weighted by Gasteiger charge is 2.33. The highest BCUT2D eigenvalue weighted by molar-refractivity contribution is 7.86. The lowest BCUT2D eigenvalue weighted by molar-refractivity contribution is -0.142. The van der Waals surface area contributed by atoms with Crippen molar-refractivity contribution in [1.82, 2.24) is 18.4 Å². The Balaban J connectivity index is 1.99. The number of carbonyl (C=O) groups is 1. The van der Waals surface area contributed by atoms with Crippen LogP contribution >= 0.6 is 0 Å². The van der Waals surface area contributed by atoms with Crippen LogP contribution in [0.3, 0.4) is 0 Å². The average molecular weight is 316 g/mol. The summed E-state index contributed by atoms with van der Waals surface area (Å²) in [6, 6.07) is 0. The van der Waals surface area contributed by atoms with Gasteiger partial charge in [-0.3, -0.25) is 9.48 Å². The van der Waals surface area contributed by atoms with Crippen LogP contribution in [0.4, 0.5) is 0 Å². The second kappa shape index (κ2) is 6.12. The van der Waals surface area contributed by atoms with Crippen LogP contribution in [0.5, 0.6) is 0 Å². The van der Waals surface area contributed by atoms with Crippen molar-refractivity contribution < 1.29 is 18.3 Å². The van der Waals surface area contributed by atoms with Crippen LogP contribution in [0.25, 0.3) is 0 Å². The van der Waals surface area contributed by atoms with Crippen molar-refractivity contribution >= 4 is 16.2 Å². The van der Waals surface area contributed by atoms with Crippen LogP contribution in [-0.2, 0) is 28.6 Å². The fourth-order valence-electron chi connectivity index (χ4n) is 2.42. The summed E-state index contributed by atoms with van der Waals surface area (Å²) in [5.74, 6) is -1.30. The van der Waals surface area contributed by atoms with Gasteiger partial charge in [0.15, 0.2) is 0 Å². The molecule has 0 amide bonds. The number of carboxylic acids is 1. The fraction of sp³-hybridized carbons (Fsp3) is 0.667. The van der Waals surface area contributed by atoms with Gasteiger partial charge in [-0.2, -0.15) is 22.1 Å². The minimum absolute atomic E-state index is 0.245. The molecule has 8 nitrogen and oxygen atoms in total. The number of aliphatic carboxylic acids is 1. The largest absolute Gasteiger partial charge is 0.481 e. The van der Waals surface area contributed by atoms with E-state index in [9.17, 15) is 13.2 Å². The minimum Gasteiger partial charge on any atom is -0.481 e. The second-order valence-corrected chi connectivity index (χ2v) is 7.33. The average Bonchev–Trinajstić information content (AvgIpc) is 2.84. The van der Waals surface area contributed by atoms with Gasteiger partial charge >= 0.3 is 5.97 Å². The van der Waals surface area contributed by atoms with E-state index < -0.39 is 22.1 Å². The molecule has 0 atom stereocenters. The van der Waals surface area contributed by atoms with Crippen LogP contribution in [0.15, 0.2) is 12.4 Å².